The SMILES string of the molecule is CCOC(=O)[C@H]1C[C@@H]1c1cc(B2OC(C)(C)C(C)(C)O2)ccc1OCC.S.S. The number of hydrogen-bond acceptors (Lipinski definition) is 5. The van der Waals surface area contributed by atoms with Gasteiger partial charge in [-0.25, -0.2) is 0 Å². The van der Waals surface area contributed by atoms with E-state index in [0.717, 1.165) is 23.2 Å². The standard InChI is InChI=1S/C20H29BO5.2H2S/c1-7-23-17-10-9-13(21-25-19(3,4)20(5,6)26-21)11-15(17)14-12-16(14)18(22)24-8-2;;/h9-11,14,16H,7-8,12H2,1-6H3;2*1H2/t14-,16+;;/m1../s1. The van der Waals surface area contributed by atoms with E-state index < -0.39 is 7.12 Å². The molecule has 1 heterocycles. The van der Waals surface area contributed by atoms with Crippen LogP contribution in [0.4, 0.5) is 0 Å². The first-order valence-corrected chi connectivity index (χ1v) is 9.49. The van der Waals surface area contributed by atoms with Gasteiger partial charge in [-0.3, -0.25) is 4.79 Å². The molecule has 2 atom stereocenters. The first-order chi connectivity index (χ1) is 12.2. The summed E-state index contributed by atoms with van der Waals surface area (Å²) in [5.41, 5.74) is 1.22. The molecule has 28 heavy (non-hydrogen) atoms. The van der Waals surface area contributed by atoms with Crippen molar-refractivity contribution < 1.29 is 23.6 Å². The van der Waals surface area contributed by atoms with Crippen molar-refractivity contribution in [2.45, 2.75) is 65.1 Å². The number of carbonyl (C=O) groups is 1. The van der Waals surface area contributed by atoms with E-state index in [1.54, 1.807) is 0 Å². The van der Waals surface area contributed by atoms with E-state index in [0.29, 0.717) is 13.2 Å². The van der Waals surface area contributed by atoms with Gasteiger partial charge < -0.3 is 18.8 Å². The van der Waals surface area contributed by atoms with E-state index in [9.17, 15) is 4.79 Å². The average Bonchev–Trinajstić information content (AvgIpc) is 3.31. The summed E-state index contributed by atoms with van der Waals surface area (Å²) in [5, 5.41) is 0. The molecule has 1 aliphatic heterocycles. The molecule has 0 aromatic heterocycles. The number of hydrogen-bond donors (Lipinski definition) is 0. The Morgan fingerprint density at radius 3 is 2.25 bits per heavy atom. The Kier molecular flexibility index (Phi) is 8.40. The molecule has 1 aliphatic carbocycles. The molecule has 158 valence electrons. The highest BCUT2D eigenvalue weighted by atomic mass is 32.1. The highest BCUT2D eigenvalue weighted by molar-refractivity contribution is 7.59. The minimum atomic E-state index is -0.422. The van der Waals surface area contributed by atoms with E-state index in [1.807, 2.05) is 53.7 Å². The molecule has 0 N–H and O–H groups in total. The third kappa shape index (κ3) is 4.83. The molecule has 1 aromatic carbocycles. The van der Waals surface area contributed by atoms with Gasteiger partial charge in [0.05, 0.1) is 30.3 Å². The molecule has 5 nitrogen and oxygen atoms in total. The largest absolute Gasteiger partial charge is 0.494 e. The summed E-state index contributed by atoms with van der Waals surface area (Å²) < 4.78 is 23.3. The van der Waals surface area contributed by atoms with Gasteiger partial charge in [0, 0.05) is 5.92 Å². The minimum absolute atomic E-state index is 0. The van der Waals surface area contributed by atoms with Crippen LogP contribution in [0, 0.1) is 5.92 Å². The van der Waals surface area contributed by atoms with Crippen molar-refractivity contribution in [3.05, 3.63) is 23.8 Å². The Hall–Kier alpha value is -0.825. The lowest BCUT2D eigenvalue weighted by molar-refractivity contribution is -0.144. The van der Waals surface area contributed by atoms with Gasteiger partial charge >= 0.3 is 13.1 Å². The molecule has 1 aromatic rings. The zero-order chi connectivity index (χ0) is 19.1. The molecule has 0 unspecified atom stereocenters. The maximum atomic E-state index is 12.1. The van der Waals surface area contributed by atoms with Crippen molar-refractivity contribution in [3.63, 3.8) is 0 Å². The molecule has 2 fully saturated rings. The van der Waals surface area contributed by atoms with Crippen LogP contribution < -0.4 is 10.2 Å². The van der Waals surface area contributed by atoms with E-state index in [-0.39, 0.29) is 56.0 Å². The van der Waals surface area contributed by atoms with Crippen LogP contribution in [0.5, 0.6) is 5.75 Å². The predicted octanol–water partition coefficient (Wildman–Crippen LogP) is 3.28. The van der Waals surface area contributed by atoms with Crippen LogP contribution in [-0.2, 0) is 18.8 Å². The number of carbonyl (C=O) groups excluding carboxylic acids is 1. The smallest absolute Gasteiger partial charge is 0.494 e. The molecule has 0 spiro atoms. The molecule has 0 bridgehead atoms. The van der Waals surface area contributed by atoms with E-state index >= 15 is 0 Å². The third-order valence-electron chi connectivity index (χ3n) is 5.64. The summed E-state index contributed by atoms with van der Waals surface area (Å²) in [6.45, 7) is 13.0. The van der Waals surface area contributed by atoms with Crippen LogP contribution in [0.2, 0.25) is 0 Å². The Morgan fingerprint density at radius 1 is 1.11 bits per heavy atom. The van der Waals surface area contributed by atoms with Crippen LogP contribution in [-0.4, -0.2) is 37.5 Å². The lowest BCUT2D eigenvalue weighted by atomic mass is 9.78. The zero-order valence-electron chi connectivity index (χ0n) is 17.6. The molecular formula is C20H33BO5S2. The monoisotopic (exact) mass is 428 g/mol. The van der Waals surface area contributed by atoms with Crippen LogP contribution in [0.1, 0.15) is 59.4 Å². The number of benzene rings is 1. The van der Waals surface area contributed by atoms with Crippen molar-refractivity contribution in [3.8, 4) is 5.75 Å². The summed E-state index contributed by atoms with van der Waals surface area (Å²) in [5.74, 6) is 0.756. The van der Waals surface area contributed by atoms with Crippen molar-refractivity contribution in [2.75, 3.05) is 13.2 Å². The fourth-order valence-corrected chi connectivity index (χ4v) is 3.32. The molecule has 8 heteroatoms. The number of esters is 1. The molecular weight excluding hydrogens is 395 g/mol. The molecule has 2 aliphatic rings. The van der Waals surface area contributed by atoms with Gasteiger partial charge in [0.2, 0.25) is 0 Å². The second-order valence-electron chi connectivity index (χ2n) is 8.02. The maximum absolute atomic E-state index is 12.1. The Bertz CT molecular complexity index is 679. The number of ether oxygens (including phenoxy) is 2. The van der Waals surface area contributed by atoms with Crippen LogP contribution in [0.15, 0.2) is 18.2 Å². The quantitative estimate of drug-likeness (QED) is 0.514. The summed E-state index contributed by atoms with van der Waals surface area (Å²) in [6, 6.07) is 6.01. The highest BCUT2D eigenvalue weighted by Crippen LogP contribution is 2.51. The minimum Gasteiger partial charge on any atom is -0.494 e. The van der Waals surface area contributed by atoms with E-state index in [2.05, 4.69) is 6.07 Å². The second-order valence-corrected chi connectivity index (χ2v) is 8.02. The first-order valence-electron chi connectivity index (χ1n) is 9.49. The molecule has 3 rings (SSSR count). The summed E-state index contributed by atoms with van der Waals surface area (Å²) in [6.07, 6.45) is 0.797. The topological polar surface area (TPSA) is 54.0 Å². The summed E-state index contributed by atoms with van der Waals surface area (Å²) in [7, 11) is -0.422. The lowest BCUT2D eigenvalue weighted by Gasteiger charge is -2.32. The molecule has 1 saturated carbocycles. The first kappa shape index (κ1) is 25.2. The molecule has 0 radical (unpaired) electrons. The van der Waals surface area contributed by atoms with Crippen molar-refractivity contribution >= 4 is 45.5 Å². The van der Waals surface area contributed by atoms with Gasteiger partial charge in [0.25, 0.3) is 0 Å². The highest BCUT2D eigenvalue weighted by Gasteiger charge is 2.52. The van der Waals surface area contributed by atoms with Gasteiger partial charge in [0.1, 0.15) is 5.75 Å². The van der Waals surface area contributed by atoms with Crippen LogP contribution in [0.3, 0.4) is 0 Å². The van der Waals surface area contributed by atoms with E-state index in [4.69, 9.17) is 18.8 Å². The predicted molar refractivity (Wildman–Crippen MR) is 122 cm³/mol. The van der Waals surface area contributed by atoms with Crippen molar-refractivity contribution in [1.29, 1.82) is 0 Å². The van der Waals surface area contributed by atoms with Gasteiger partial charge in [-0.15, -0.1) is 0 Å². The Balaban J connectivity index is 0.00000196. The van der Waals surface area contributed by atoms with Crippen molar-refractivity contribution in [2.24, 2.45) is 5.92 Å². The fourth-order valence-electron chi connectivity index (χ4n) is 3.32. The van der Waals surface area contributed by atoms with Gasteiger partial charge in [-0.05, 0) is 65.1 Å². The normalized spacial score (nSPS) is 24.0. The second kappa shape index (κ2) is 9.33. The summed E-state index contributed by atoms with van der Waals surface area (Å²) in [4.78, 5) is 12.1. The zero-order valence-corrected chi connectivity index (χ0v) is 19.6. The third-order valence-corrected chi connectivity index (χ3v) is 5.64. The Labute approximate surface area is 182 Å². The van der Waals surface area contributed by atoms with Gasteiger partial charge in [-0.1, -0.05) is 12.1 Å². The summed E-state index contributed by atoms with van der Waals surface area (Å²) >= 11 is 0. The number of rotatable bonds is 6. The maximum Gasteiger partial charge on any atom is 0.494 e. The van der Waals surface area contributed by atoms with E-state index in [1.165, 1.54) is 0 Å². The average molecular weight is 428 g/mol. The van der Waals surface area contributed by atoms with Crippen LogP contribution in [0.25, 0.3) is 0 Å². The van der Waals surface area contributed by atoms with Crippen molar-refractivity contribution in [1.82, 2.24) is 0 Å². The van der Waals surface area contributed by atoms with Gasteiger partial charge in [-0.2, -0.15) is 27.0 Å². The molecule has 0 amide bonds. The van der Waals surface area contributed by atoms with Crippen LogP contribution >= 0.6 is 27.0 Å². The van der Waals surface area contributed by atoms with Gasteiger partial charge in [0.15, 0.2) is 0 Å². The fraction of sp³-hybridized carbons (Fsp3) is 0.650. The lowest BCUT2D eigenvalue weighted by Crippen LogP contribution is -2.41. The Morgan fingerprint density at radius 2 is 1.71 bits per heavy atom. The molecule has 1 saturated heterocycles.